The van der Waals surface area contributed by atoms with Crippen molar-refractivity contribution < 1.29 is 27.4 Å². The topological polar surface area (TPSA) is 61.3 Å². The summed E-state index contributed by atoms with van der Waals surface area (Å²) in [6.45, 7) is 6.44. The van der Waals surface area contributed by atoms with Gasteiger partial charge in [0, 0.05) is 23.5 Å². The number of halogens is 3. The number of hydrogen-bond donors (Lipinski definition) is 0. The van der Waals surface area contributed by atoms with Crippen molar-refractivity contribution in [3.05, 3.63) is 60.9 Å². The molecule has 3 aromatic rings. The summed E-state index contributed by atoms with van der Waals surface area (Å²) in [4.78, 5) is 21.1. The average molecular weight is 543 g/mol. The largest absolute Gasteiger partial charge is 0.490 e. The zero-order chi connectivity index (χ0) is 28.4. The Bertz CT molecular complexity index is 1170. The van der Waals surface area contributed by atoms with E-state index >= 15 is 0 Å². The second-order valence-electron chi connectivity index (χ2n) is 10.0. The summed E-state index contributed by atoms with van der Waals surface area (Å²) in [6.07, 6.45) is 3.24. The molecule has 0 bridgehead atoms. The molecule has 0 fully saturated rings. The lowest BCUT2D eigenvalue weighted by Gasteiger charge is -2.19. The molecule has 0 aliphatic rings. The van der Waals surface area contributed by atoms with E-state index in [1.165, 1.54) is 6.92 Å². The van der Waals surface area contributed by atoms with Crippen LogP contribution in [-0.2, 0) is 4.79 Å². The van der Waals surface area contributed by atoms with Crippen molar-refractivity contribution in [1.82, 2.24) is 9.97 Å². The molecule has 5 nitrogen and oxygen atoms in total. The highest BCUT2D eigenvalue weighted by molar-refractivity contribution is 5.81. The van der Waals surface area contributed by atoms with Crippen LogP contribution in [0.4, 0.5) is 13.2 Å². The maximum absolute atomic E-state index is 14.6. The highest BCUT2D eigenvalue weighted by Gasteiger charge is 2.34. The zero-order valence-electron chi connectivity index (χ0n) is 23.0. The van der Waals surface area contributed by atoms with Gasteiger partial charge in [-0.1, -0.05) is 52.2 Å². The molecule has 0 saturated carbocycles. The van der Waals surface area contributed by atoms with Crippen LogP contribution in [0.3, 0.4) is 0 Å². The number of benzene rings is 2. The van der Waals surface area contributed by atoms with Crippen molar-refractivity contribution in [1.29, 1.82) is 0 Å². The maximum atomic E-state index is 14.6. The number of carbonyl (C=O) groups excluding carboxylic acids is 1. The standard InChI is InChI=1S/C31H37F3N2O3/c1-5-7-8-17-31(4,34)30(37)39-26-15-9-22(10-16-26)24-18-35-29(36-19-24)23-11-13-25(14-12-23)38-20-27(32)28(33)21(3)6-2/h9-16,18-19,21,27-28H,5-8,17,20H2,1-4H3. The van der Waals surface area contributed by atoms with E-state index in [9.17, 15) is 18.0 Å². The summed E-state index contributed by atoms with van der Waals surface area (Å²) in [5.74, 6) is -0.0599. The van der Waals surface area contributed by atoms with E-state index in [0.29, 0.717) is 24.4 Å². The first-order valence-electron chi connectivity index (χ1n) is 13.5. The number of hydrogen-bond acceptors (Lipinski definition) is 5. The van der Waals surface area contributed by atoms with Gasteiger partial charge in [-0.25, -0.2) is 27.9 Å². The molecule has 210 valence electrons. The van der Waals surface area contributed by atoms with Crippen molar-refractivity contribution in [3.63, 3.8) is 0 Å². The maximum Gasteiger partial charge on any atom is 0.348 e. The molecule has 0 saturated heterocycles. The number of alkyl halides is 3. The Morgan fingerprint density at radius 3 is 2.08 bits per heavy atom. The molecule has 0 aliphatic carbocycles. The van der Waals surface area contributed by atoms with Gasteiger partial charge in [0.05, 0.1) is 0 Å². The molecule has 39 heavy (non-hydrogen) atoms. The monoisotopic (exact) mass is 542 g/mol. The molecule has 2 aromatic carbocycles. The predicted octanol–water partition coefficient (Wildman–Crippen LogP) is 8.13. The highest BCUT2D eigenvalue weighted by atomic mass is 19.2. The Morgan fingerprint density at radius 2 is 1.49 bits per heavy atom. The van der Waals surface area contributed by atoms with Crippen molar-refractivity contribution in [3.8, 4) is 34.0 Å². The van der Waals surface area contributed by atoms with Crippen LogP contribution < -0.4 is 9.47 Å². The first kappa shape index (κ1) is 30.1. The highest BCUT2D eigenvalue weighted by Crippen LogP contribution is 2.27. The Morgan fingerprint density at radius 1 is 0.897 bits per heavy atom. The van der Waals surface area contributed by atoms with Gasteiger partial charge in [-0.15, -0.1) is 0 Å². The lowest BCUT2D eigenvalue weighted by Crippen LogP contribution is -2.34. The van der Waals surface area contributed by atoms with E-state index < -0.39 is 24.0 Å². The normalized spacial score (nSPS) is 15.2. The molecule has 1 heterocycles. The fourth-order valence-corrected chi connectivity index (χ4v) is 3.91. The summed E-state index contributed by atoms with van der Waals surface area (Å²) in [5, 5.41) is 0. The van der Waals surface area contributed by atoms with Crippen LogP contribution in [0.2, 0.25) is 0 Å². The van der Waals surface area contributed by atoms with Crippen LogP contribution in [0.1, 0.15) is 59.8 Å². The predicted molar refractivity (Wildman–Crippen MR) is 147 cm³/mol. The van der Waals surface area contributed by atoms with Gasteiger partial charge in [-0.05, 0) is 67.6 Å². The van der Waals surface area contributed by atoms with Crippen molar-refractivity contribution in [2.75, 3.05) is 6.61 Å². The summed E-state index contributed by atoms with van der Waals surface area (Å²) >= 11 is 0. The lowest BCUT2D eigenvalue weighted by molar-refractivity contribution is -0.147. The van der Waals surface area contributed by atoms with Crippen LogP contribution in [0.25, 0.3) is 22.5 Å². The van der Waals surface area contributed by atoms with Gasteiger partial charge in [0.25, 0.3) is 0 Å². The summed E-state index contributed by atoms with van der Waals surface area (Å²) in [5.41, 5.74) is 0.273. The van der Waals surface area contributed by atoms with Gasteiger partial charge in [-0.2, -0.15) is 0 Å². The minimum absolute atomic E-state index is 0.132. The molecule has 0 amide bonds. The number of ether oxygens (including phenoxy) is 2. The third-order valence-corrected chi connectivity index (χ3v) is 6.78. The number of unbranched alkanes of at least 4 members (excludes halogenated alkanes) is 2. The molecule has 0 spiro atoms. The number of aromatic nitrogens is 2. The molecule has 1 aromatic heterocycles. The van der Waals surface area contributed by atoms with E-state index in [1.807, 2.05) is 13.8 Å². The van der Waals surface area contributed by atoms with Gasteiger partial charge in [0.2, 0.25) is 5.67 Å². The zero-order valence-corrected chi connectivity index (χ0v) is 23.0. The molecule has 4 atom stereocenters. The van der Waals surface area contributed by atoms with Crippen molar-refractivity contribution in [2.24, 2.45) is 5.92 Å². The molecular formula is C31H37F3N2O3. The first-order valence-corrected chi connectivity index (χ1v) is 13.5. The summed E-state index contributed by atoms with van der Waals surface area (Å²) in [7, 11) is 0. The summed E-state index contributed by atoms with van der Waals surface area (Å²) < 4.78 is 53.4. The average Bonchev–Trinajstić information content (AvgIpc) is 2.96. The van der Waals surface area contributed by atoms with Gasteiger partial charge in [0.15, 0.2) is 12.0 Å². The smallest absolute Gasteiger partial charge is 0.348 e. The van der Waals surface area contributed by atoms with Crippen LogP contribution >= 0.6 is 0 Å². The molecule has 0 aliphatic heterocycles. The first-order chi connectivity index (χ1) is 18.6. The molecule has 8 heteroatoms. The molecule has 0 radical (unpaired) electrons. The number of carbonyl (C=O) groups is 1. The van der Waals surface area contributed by atoms with Gasteiger partial charge >= 0.3 is 5.97 Å². The molecule has 0 N–H and O–H groups in total. The fraction of sp³-hybridized carbons (Fsp3) is 0.452. The third-order valence-electron chi connectivity index (χ3n) is 6.78. The summed E-state index contributed by atoms with van der Waals surface area (Å²) in [6, 6.07) is 13.6. The molecule has 4 unspecified atom stereocenters. The van der Waals surface area contributed by atoms with Crippen LogP contribution in [0.5, 0.6) is 11.5 Å². The van der Waals surface area contributed by atoms with Crippen molar-refractivity contribution in [2.45, 2.75) is 77.8 Å². The van der Waals surface area contributed by atoms with Crippen LogP contribution in [-0.4, -0.2) is 40.6 Å². The Balaban J connectivity index is 1.57. The Hall–Kier alpha value is -3.42. The minimum atomic E-state index is -2.03. The van der Waals surface area contributed by atoms with Gasteiger partial charge in [0.1, 0.15) is 24.3 Å². The number of esters is 1. The van der Waals surface area contributed by atoms with Crippen LogP contribution in [0, 0.1) is 5.92 Å². The second-order valence-corrected chi connectivity index (χ2v) is 10.0. The van der Waals surface area contributed by atoms with E-state index in [-0.39, 0.29) is 24.7 Å². The number of nitrogens with zero attached hydrogens (tertiary/aromatic N) is 2. The van der Waals surface area contributed by atoms with E-state index in [2.05, 4.69) is 9.97 Å². The number of rotatable bonds is 14. The SMILES string of the molecule is CCCCCC(C)(F)C(=O)Oc1ccc(-c2cnc(-c3ccc(OCC(F)C(F)C(C)CC)cc3)nc2)cc1. The van der Waals surface area contributed by atoms with E-state index in [1.54, 1.807) is 67.8 Å². The Kier molecular flexibility index (Phi) is 10.9. The van der Waals surface area contributed by atoms with Crippen molar-refractivity contribution >= 4 is 5.97 Å². The molecular weight excluding hydrogens is 505 g/mol. The van der Waals surface area contributed by atoms with Gasteiger partial charge in [-0.3, -0.25) is 0 Å². The minimum Gasteiger partial charge on any atom is -0.490 e. The van der Waals surface area contributed by atoms with Gasteiger partial charge < -0.3 is 9.47 Å². The van der Waals surface area contributed by atoms with E-state index in [0.717, 1.165) is 29.5 Å². The second kappa shape index (κ2) is 14.1. The lowest BCUT2D eigenvalue weighted by atomic mass is 10.00. The Labute approximate surface area is 228 Å². The van der Waals surface area contributed by atoms with Crippen LogP contribution in [0.15, 0.2) is 60.9 Å². The molecule has 3 rings (SSSR count). The third kappa shape index (κ3) is 8.53. The quantitative estimate of drug-likeness (QED) is 0.117. The van der Waals surface area contributed by atoms with E-state index in [4.69, 9.17) is 9.47 Å². The fourth-order valence-electron chi connectivity index (χ4n) is 3.91.